The first-order valence-electron chi connectivity index (χ1n) is 7.29. The lowest BCUT2D eigenvalue weighted by Crippen LogP contribution is -2.37. The molecule has 0 radical (unpaired) electrons. The molecule has 0 aliphatic carbocycles. The van der Waals surface area contributed by atoms with E-state index in [1.807, 2.05) is 42.5 Å². The van der Waals surface area contributed by atoms with Gasteiger partial charge in [-0.1, -0.05) is 48.5 Å². The van der Waals surface area contributed by atoms with E-state index in [2.05, 4.69) is 35.1 Å². The molecule has 0 aliphatic heterocycles. The number of aromatic nitrogens is 1. The number of fused-ring (bicyclic) bond motifs is 1. The van der Waals surface area contributed by atoms with Gasteiger partial charge in [0, 0.05) is 28.9 Å². The van der Waals surface area contributed by atoms with Gasteiger partial charge in [0.25, 0.3) is 5.91 Å². The zero-order chi connectivity index (χ0) is 15.4. The standard InChI is InChI=1S/C18H18N2OS/c21-18(16-11-19-17-9-5-4-8-15(16)17)20-14(12-22)10-13-6-2-1-3-7-13/h1-9,11,14,19,22H,10,12H2,(H,20,21)/t14-/m1/s1. The maximum Gasteiger partial charge on any atom is 0.253 e. The molecule has 2 N–H and O–H groups in total. The van der Waals surface area contributed by atoms with E-state index in [4.69, 9.17) is 0 Å². The van der Waals surface area contributed by atoms with Crippen molar-refractivity contribution in [3.63, 3.8) is 0 Å². The Kier molecular flexibility index (Phi) is 4.49. The second-order valence-corrected chi connectivity index (χ2v) is 5.66. The minimum absolute atomic E-state index is 0.00638. The van der Waals surface area contributed by atoms with Crippen LogP contribution in [0.5, 0.6) is 0 Å². The first kappa shape index (κ1) is 14.7. The third kappa shape index (κ3) is 3.17. The Hall–Kier alpha value is -2.20. The summed E-state index contributed by atoms with van der Waals surface area (Å²) in [6.07, 6.45) is 2.54. The van der Waals surface area contributed by atoms with E-state index in [9.17, 15) is 4.79 Å². The highest BCUT2D eigenvalue weighted by Crippen LogP contribution is 2.17. The summed E-state index contributed by atoms with van der Waals surface area (Å²) in [4.78, 5) is 15.6. The van der Waals surface area contributed by atoms with Gasteiger partial charge in [-0.05, 0) is 18.1 Å². The van der Waals surface area contributed by atoms with Crippen molar-refractivity contribution in [1.82, 2.24) is 10.3 Å². The SMILES string of the molecule is O=C(N[C@@H](CS)Cc1ccccc1)c1c[nH]c2ccccc12. The van der Waals surface area contributed by atoms with E-state index in [-0.39, 0.29) is 11.9 Å². The molecule has 3 rings (SSSR count). The topological polar surface area (TPSA) is 44.9 Å². The largest absolute Gasteiger partial charge is 0.360 e. The summed E-state index contributed by atoms with van der Waals surface area (Å²) in [5, 5.41) is 4.02. The zero-order valence-corrected chi connectivity index (χ0v) is 13.0. The summed E-state index contributed by atoms with van der Waals surface area (Å²) in [6.45, 7) is 0. The monoisotopic (exact) mass is 310 g/mol. The van der Waals surface area contributed by atoms with Crippen molar-refractivity contribution in [2.45, 2.75) is 12.5 Å². The van der Waals surface area contributed by atoms with Crippen molar-refractivity contribution in [3.05, 3.63) is 71.9 Å². The number of aromatic amines is 1. The number of H-pyrrole nitrogens is 1. The number of para-hydroxylation sites is 1. The lowest BCUT2D eigenvalue weighted by Gasteiger charge is -2.16. The molecule has 0 aliphatic rings. The van der Waals surface area contributed by atoms with Crippen molar-refractivity contribution in [2.24, 2.45) is 0 Å². The fourth-order valence-corrected chi connectivity index (χ4v) is 2.80. The van der Waals surface area contributed by atoms with Crippen molar-refractivity contribution < 1.29 is 4.79 Å². The maximum atomic E-state index is 12.5. The molecule has 0 saturated carbocycles. The third-order valence-corrected chi connectivity index (χ3v) is 4.16. The molecule has 22 heavy (non-hydrogen) atoms. The van der Waals surface area contributed by atoms with E-state index < -0.39 is 0 Å². The number of amides is 1. The van der Waals surface area contributed by atoms with Crippen LogP contribution < -0.4 is 5.32 Å². The van der Waals surface area contributed by atoms with Crippen LogP contribution in [-0.2, 0) is 6.42 Å². The van der Waals surface area contributed by atoms with Crippen LogP contribution >= 0.6 is 12.6 Å². The van der Waals surface area contributed by atoms with Crippen LogP contribution in [0.2, 0.25) is 0 Å². The first-order chi connectivity index (χ1) is 10.8. The molecule has 112 valence electrons. The molecule has 0 saturated heterocycles. The molecule has 4 heteroatoms. The number of thiol groups is 1. The van der Waals surface area contributed by atoms with Gasteiger partial charge in [0.05, 0.1) is 5.56 Å². The number of nitrogens with one attached hydrogen (secondary N) is 2. The Bertz CT molecular complexity index is 767. The quantitative estimate of drug-likeness (QED) is 0.621. The summed E-state index contributed by atoms with van der Waals surface area (Å²) in [5.74, 6) is 0.538. The van der Waals surface area contributed by atoms with Crippen molar-refractivity contribution in [1.29, 1.82) is 0 Å². The second kappa shape index (κ2) is 6.71. The predicted octanol–water partition coefficient (Wildman–Crippen LogP) is 3.44. The molecule has 3 nitrogen and oxygen atoms in total. The van der Waals surface area contributed by atoms with Gasteiger partial charge in [0.1, 0.15) is 0 Å². The Morgan fingerprint density at radius 3 is 2.59 bits per heavy atom. The number of carbonyl (C=O) groups excluding carboxylic acids is 1. The zero-order valence-electron chi connectivity index (χ0n) is 12.1. The van der Waals surface area contributed by atoms with E-state index in [0.717, 1.165) is 17.3 Å². The number of hydrogen-bond donors (Lipinski definition) is 3. The lowest BCUT2D eigenvalue weighted by molar-refractivity contribution is 0.0942. The second-order valence-electron chi connectivity index (χ2n) is 5.29. The van der Waals surface area contributed by atoms with Crippen LogP contribution in [0, 0.1) is 0 Å². The predicted molar refractivity (Wildman–Crippen MR) is 93.6 cm³/mol. The van der Waals surface area contributed by atoms with E-state index >= 15 is 0 Å². The number of carbonyl (C=O) groups is 1. The van der Waals surface area contributed by atoms with Crippen LogP contribution in [0.25, 0.3) is 10.9 Å². The highest BCUT2D eigenvalue weighted by atomic mass is 32.1. The fourth-order valence-electron chi connectivity index (χ4n) is 2.58. The van der Waals surface area contributed by atoms with Crippen molar-refractivity contribution in [2.75, 3.05) is 5.75 Å². The van der Waals surface area contributed by atoms with Crippen molar-refractivity contribution >= 4 is 29.4 Å². The van der Waals surface area contributed by atoms with Gasteiger partial charge in [-0.25, -0.2) is 0 Å². The van der Waals surface area contributed by atoms with Crippen LogP contribution in [0.1, 0.15) is 15.9 Å². The Labute approximate surface area is 135 Å². The lowest BCUT2D eigenvalue weighted by atomic mass is 10.1. The molecular weight excluding hydrogens is 292 g/mol. The molecule has 0 fully saturated rings. The van der Waals surface area contributed by atoms with Gasteiger partial charge in [-0.2, -0.15) is 12.6 Å². The van der Waals surface area contributed by atoms with E-state index in [1.54, 1.807) is 6.20 Å². The van der Waals surface area contributed by atoms with Crippen LogP contribution in [-0.4, -0.2) is 22.7 Å². The van der Waals surface area contributed by atoms with E-state index in [0.29, 0.717) is 11.3 Å². The third-order valence-electron chi connectivity index (χ3n) is 3.71. The van der Waals surface area contributed by atoms with Crippen LogP contribution in [0.15, 0.2) is 60.8 Å². The highest BCUT2D eigenvalue weighted by Gasteiger charge is 2.16. The summed E-state index contributed by atoms with van der Waals surface area (Å²) >= 11 is 4.37. The molecule has 1 aromatic heterocycles. The molecule has 3 aromatic rings. The number of rotatable bonds is 5. The molecule has 0 bridgehead atoms. The minimum Gasteiger partial charge on any atom is -0.360 e. The molecule has 0 unspecified atom stereocenters. The summed E-state index contributed by atoms with van der Waals surface area (Å²) in [7, 11) is 0. The first-order valence-corrected chi connectivity index (χ1v) is 7.93. The van der Waals surface area contributed by atoms with Crippen LogP contribution in [0.4, 0.5) is 0 Å². The highest BCUT2D eigenvalue weighted by molar-refractivity contribution is 7.80. The smallest absolute Gasteiger partial charge is 0.253 e. The molecule has 1 atom stereocenters. The normalized spacial score (nSPS) is 12.2. The molecule has 1 heterocycles. The Morgan fingerprint density at radius 1 is 1.09 bits per heavy atom. The summed E-state index contributed by atoms with van der Waals surface area (Å²) < 4.78 is 0. The molecule has 1 amide bonds. The van der Waals surface area contributed by atoms with Gasteiger partial charge in [0.2, 0.25) is 0 Å². The number of hydrogen-bond acceptors (Lipinski definition) is 2. The van der Waals surface area contributed by atoms with Gasteiger partial charge < -0.3 is 10.3 Å². The number of benzene rings is 2. The van der Waals surface area contributed by atoms with Crippen LogP contribution in [0.3, 0.4) is 0 Å². The average molecular weight is 310 g/mol. The average Bonchev–Trinajstić information content (AvgIpc) is 2.99. The van der Waals surface area contributed by atoms with Gasteiger partial charge in [0.15, 0.2) is 0 Å². The molecule has 0 spiro atoms. The summed E-state index contributed by atoms with van der Waals surface area (Å²) in [5.41, 5.74) is 2.84. The van der Waals surface area contributed by atoms with E-state index in [1.165, 1.54) is 5.56 Å². The molecular formula is C18H18N2OS. The van der Waals surface area contributed by atoms with Gasteiger partial charge >= 0.3 is 0 Å². The van der Waals surface area contributed by atoms with Crippen molar-refractivity contribution in [3.8, 4) is 0 Å². The Morgan fingerprint density at radius 2 is 1.82 bits per heavy atom. The Balaban J connectivity index is 1.74. The molecule has 2 aromatic carbocycles. The van der Waals surface area contributed by atoms with Gasteiger partial charge in [-0.3, -0.25) is 4.79 Å². The van der Waals surface area contributed by atoms with Gasteiger partial charge in [-0.15, -0.1) is 0 Å². The maximum absolute atomic E-state index is 12.5. The summed E-state index contributed by atoms with van der Waals surface area (Å²) in [6, 6.07) is 17.9. The minimum atomic E-state index is -0.0626. The fraction of sp³-hybridized carbons (Fsp3) is 0.167.